The summed E-state index contributed by atoms with van der Waals surface area (Å²) in [4.78, 5) is 24.5. The molecule has 0 radical (unpaired) electrons. The summed E-state index contributed by atoms with van der Waals surface area (Å²) in [6.07, 6.45) is 4.74. The molecule has 1 amide bonds. The second-order valence-electron chi connectivity index (χ2n) is 6.47. The fourth-order valence-electron chi connectivity index (χ4n) is 4.01. The zero-order chi connectivity index (χ0) is 15.9. The molecule has 0 unspecified atom stereocenters. The lowest BCUT2D eigenvalue weighted by atomic mass is 9.85. The van der Waals surface area contributed by atoms with Gasteiger partial charge in [0.1, 0.15) is 5.82 Å². The summed E-state index contributed by atoms with van der Waals surface area (Å²) in [7, 11) is 0. The summed E-state index contributed by atoms with van der Waals surface area (Å²) in [6, 6.07) is 7.86. The maximum Gasteiger partial charge on any atom is 0.407 e. The highest BCUT2D eigenvalue weighted by Crippen LogP contribution is 2.39. The number of carbonyl (C=O) groups is 1. The van der Waals surface area contributed by atoms with Gasteiger partial charge in [-0.05, 0) is 37.8 Å². The van der Waals surface area contributed by atoms with Crippen molar-refractivity contribution in [3.8, 4) is 0 Å². The van der Waals surface area contributed by atoms with Crippen molar-refractivity contribution in [3.05, 3.63) is 30.5 Å². The van der Waals surface area contributed by atoms with Crippen LogP contribution in [0.5, 0.6) is 0 Å². The maximum absolute atomic E-state index is 11.5. The molecule has 0 saturated carbocycles. The highest BCUT2D eigenvalue weighted by molar-refractivity contribution is 5.75. The molecular weight excluding hydrogens is 292 g/mol. The molecule has 1 aromatic carbocycles. The van der Waals surface area contributed by atoms with Gasteiger partial charge in [-0.3, -0.25) is 4.98 Å². The number of piperidine rings is 1. The van der Waals surface area contributed by atoms with E-state index in [0.29, 0.717) is 6.54 Å². The van der Waals surface area contributed by atoms with Crippen molar-refractivity contribution in [2.45, 2.75) is 31.2 Å². The highest BCUT2D eigenvalue weighted by Gasteiger charge is 2.45. The van der Waals surface area contributed by atoms with Crippen LogP contribution < -0.4 is 4.90 Å². The number of likely N-dealkylation sites (tertiary alicyclic amines) is 1. The Balaban J connectivity index is 1.53. The van der Waals surface area contributed by atoms with Crippen molar-refractivity contribution in [2.75, 3.05) is 24.5 Å². The molecule has 2 saturated heterocycles. The van der Waals surface area contributed by atoms with E-state index in [1.54, 1.807) is 4.90 Å². The third-order valence-corrected chi connectivity index (χ3v) is 5.28. The highest BCUT2D eigenvalue weighted by atomic mass is 16.4. The first-order valence-corrected chi connectivity index (χ1v) is 8.15. The minimum absolute atomic E-state index is 0.160. The Bertz CT molecular complexity index is 740. The number of anilines is 1. The van der Waals surface area contributed by atoms with Gasteiger partial charge in [-0.2, -0.15) is 0 Å². The fourth-order valence-corrected chi connectivity index (χ4v) is 4.01. The Morgan fingerprint density at radius 2 is 1.83 bits per heavy atom. The lowest BCUT2D eigenvalue weighted by Gasteiger charge is -2.44. The summed E-state index contributed by atoms with van der Waals surface area (Å²) < 4.78 is 0. The number of fused-ring (bicyclic) bond motifs is 1. The molecule has 0 bridgehead atoms. The van der Waals surface area contributed by atoms with E-state index in [1.807, 2.05) is 30.5 Å². The number of rotatable bonds is 1. The molecule has 4 rings (SSSR count). The average molecular weight is 312 g/mol. The summed E-state index contributed by atoms with van der Waals surface area (Å²) in [6.45, 7) is 2.33. The van der Waals surface area contributed by atoms with Gasteiger partial charge in [-0.15, -0.1) is 0 Å². The molecule has 2 aromatic rings. The van der Waals surface area contributed by atoms with Crippen LogP contribution in [-0.4, -0.2) is 51.2 Å². The molecule has 6 heteroatoms. The largest absolute Gasteiger partial charge is 0.465 e. The Morgan fingerprint density at radius 3 is 2.57 bits per heavy atom. The summed E-state index contributed by atoms with van der Waals surface area (Å²) in [5.74, 6) is 0.887. The van der Waals surface area contributed by atoms with Gasteiger partial charge in [0, 0.05) is 25.2 Å². The van der Waals surface area contributed by atoms with Gasteiger partial charge in [-0.1, -0.05) is 12.1 Å². The summed E-state index contributed by atoms with van der Waals surface area (Å²) >= 11 is 0. The first kappa shape index (κ1) is 14.2. The van der Waals surface area contributed by atoms with Crippen LogP contribution in [0.3, 0.4) is 0 Å². The van der Waals surface area contributed by atoms with Crippen molar-refractivity contribution in [1.29, 1.82) is 0 Å². The number of benzene rings is 1. The Kier molecular flexibility index (Phi) is 3.32. The van der Waals surface area contributed by atoms with E-state index in [-0.39, 0.29) is 5.54 Å². The first-order chi connectivity index (χ1) is 11.2. The average Bonchev–Trinajstić information content (AvgIpc) is 2.98. The minimum atomic E-state index is -0.776. The maximum atomic E-state index is 11.5. The third kappa shape index (κ3) is 2.38. The molecule has 3 heterocycles. The van der Waals surface area contributed by atoms with Crippen LogP contribution >= 0.6 is 0 Å². The van der Waals surface area contributed by atoms with E-state index < -0.39 is 6.09 Å². The molecule has 2 aliphatic heterocycles. The molecule has 1 aromatic heterocycles. The predicted octanol–water partition coefficient (Wildman–Crippen LogP) is 2.74. The van der Waals surface area contributed by atoms with Crippen LogP contribution in [0.2, 0.25) is 0 Å². The number of hydrogen-bond donors (Lipinski definition) is 1. The molecule has 1 spiro atoms. The summed E-state index contributed by atoms with van der Waals surface area (Å²) in [5.41, 5.74) is 1.64. The normalized spacial score (nSPS) is 20.3. The predicted molar refractivity (Wildman–Crippen MR) is 87.7 cm³/mol. The van der Waals surface area contributed by atoms with E-state index in [1.165, 1.54) is 0 Å². The smallest absolute Gasteiger partial charge is 0.407 e. The van der Waals surface area contributed by atoms with Crippen LogP contribution in [-0.2, 0) is 0 Å². The van der Waals surface area contributed by atoms with Crippen molar-refractivity contribution >= 4 is 22.9 Å². The number of aromatic nitrogens is 2. The monoisotopic (exact) mass is 312 g/mol. The van der Waals surface area contributed by atoms with Crippen LogP contribution in [0.15, 0.2) is 30.5 Å². The third-order valence-electron chi connectivity index (χ3n) is 5.28. The van der Waals surface area contributed by atoms with E-state index >= 15 is 0 Å². The summed E-state index contributed by atoms with van der Waals surface area (Å²) in [5, 5.41) is 9.42. The van der Waals surface area contributed by atoms with E-state index in [4.69, 9.17) is 4.98 Å². The molecule has 2 aliphatic rings. The van der Waals surface area contributed by atoms with Gasteiger partial charge in [0.25, 0.3) is 0 Å². The van der Waals surface area contributed by atoms with E-state index in [0.717, 1.165) is 55.6 Å². The lowest BCUT2D eigenvalue weighted by molar-refractivity contribution is 0.0871. The molecule has 1 N–H and O–H groups in total. The Morgan fingerprint density at radius 1 is 1.09 bits per heavy atom. The van der Waals surface area contributed by atoms with E-state index in [2.05, 4.69) is 9.88 Å². The molecule has 120 valence electrons. The molecular formula is C17H20N4O2. The second-order valence-corrected chi connectivity index (χ2v) is 6.47. The fraction of sp³-hybridized carbons (Fsp3) is 0.471. The number of amides is 1. The number of para-hydroxylation sites is 2. The zero-order valence-electron chi connectivity index (χ0n) is 13.0. The number of hydrogen-bond acceptors (Lipinski definition) is 4. The standard InChI is InChI=1S/C17H20N4O2/c22-16(23)21-9-3-6-17(21)7-10-20(11-8-17)15-12-18-13-4-1-2-5-14(13)19-15/h1-2,4-5,12H,3,6-11H2,(H,22,23). The zero-order valence-corrected chi connectivity index (χ0v) is 13.0. The van der Waals surface area contributed by atoms with Crippen LogP contribution in [0, 0.1) is 0 Å². The van der Waals surface area contributed by atoms with E-state index in [9.17, 15) is 9.90 Å². The number of nitrogens with zero attached hydrogens (tertiary/aromatic N) is 4. The second kappa shape index (κ2) is 5.37. The van der Waals surface area contributed by atoms with Crippen molar-refractivity contribution < 1.29 is 9.90 Å². The Hall–Kier alpha value is -2.37. The quantitative estimate of drug-likeness (QED) is 0.877. The van der Waals surface area contributed by atoms with Gasteiger partial charge in [0.05, 0.1) is 17.2 Å². The van der Waals surface area contributed by atoms with Crippen molar-refractivity contribution in [1.82, 2.24) is 14.9 Å². The SMILES string of the molecule is O=C(O)N1CCCC12CCN(c1cnc3ccccc3n1)CC2. The first-order valence-electron chi connectivity index (χ1n) is 8.15. The van der Waals surface area contributed by atoms with Crippen LogP contribution in [0.1, 0.15) is 25.7 Å². The van der Waals surface area contributed by atoms with Crippen molar-refractivity contribution in [3.63, 3.8) is 0 Å². The van der Waals surface area contributed by atoms with Crippen LogP contribution in [0.4, 0.5) is 10.6 Å². The van der Waals surface area contributed by atoms with Crippen molar-refractivity contribution in [2.24, 2.45) is 0 Å². The molecule has 2 fully saturated rings. The van der Waals surface area contributed by atoms with Gasteiger partial charge in [-0.25, -0.2) is 9.78 Å². The lowest BCUT2D eigenvalue weighted by Crippen LogP contribution is -2.54. The molecule has 23 heavy (non-hydrogen) atoms. The Labute approximate surface area is 134 Å². The molecule has 0 atom stereocenters. The minimum Gasteiger partial charge on any atom is -0.465 e. The van der Waals surface area contributed by atoms with Gasteiger partial charge >= 0.3 is 6.09 Å². The topological polar surface area (TPSA) is 69.6 Å². The van der Waals surface area contributed by atoms with Gasteiger partial charge < -0.3 is 14.9 Å². The van der Waals surface area contributed by atoms with Gasteiger partial charge in [0.15, 0.2) is 0 Å². The molecule has 6 nitrogen and oxygen atoms in total. The van der Waals surface area contributed by atoms with Gasteiger partial charge in [0.2, 0.25) is 0 Å². The molecule has 0 aliphatic carbocycles. The van der Waals surface area contributed by atoms with Crippen LogP contribution in [0.25, 0.3) is 11.0 Å². The number of carboxylic acid groups (broad SMARTS) is 1.